The minimum Gasteiger partial charge on any atom is -0.467 e. The Morgan fingerprint density at radius 1 is 1.33 bits per heavy atom. The lowest BCUT2D eigenvalue weighted by Crippen LogP contribution is -2.53. The molecule has 24 heavy (non-hydrogen) atoms. The van der Waals surface area contributed by atoms with Crippen LogP contribution in [0.5, 0.6) is 0 Å². The highest BCUT2D eigenvalue weighted by Gasteiger charge is 2.52. The summed E-state index contributed by atoms with van der Waals surface area (Å²) in [5, 5.41) is 2.45. The Morgan fingerprint density at radius 2 is 2.00 bits per heavy atom. The minimum atomic E-state index is -3.78. The number of benzene rings is 1. The Balaban J connectivity index is 2.08. The van der Waals surface area contributed by atoms with Crippen molar-refractivity contribution in [3.8, 4) is 0 Å². The summed E-state index contributed by atoms with van der Waals surface area (Å²) in [6.45, 7) is -0.363. The average molecular weight is 357 g/mol. The molecule has 0 spiro atoms. The van der Waals surface area contributed by atoms with Gasteiger partial charge in [-0.25, -0.2) is 4.79 Å². The van der Waals surface area contributed by atoms with Crippen LogP contribution in [0, 0.1) is 0 Å². The molecule has 1 heterocycles. The minimum absolute atomic E-state index is 0.0825. The van der Waals surface area contributed by atoms with Crippen LogP contribution in [0.4, 0.5) is 0 Å². The molecule has 1 N–H and O–H groups in total. The first-order valence-corrected chi connectivity index (χ1v) is 8.98. The molecule has 0 saturated carbocycles. The van der Waals surface area contributed by atoms with Crippen molar-refractivity contribution >= 4 is 22.0 Å². The standard InChI is InChI=1S/C15H19NO7S/c1-21-14(18)15(10-23-24(2,19)20)8-12(13(17)16-15)22-9-11-6-4-3-5-7-11/h3-7,12H,8-10H2,1-2H3,(H,16,17)/t12-,15-/m0/s1. The zero-order chi connectivity index (χ0) is 17.8. The quantitative estimate of drug-likeness (QED) is 0.540. The van der Waals surface area contributed by atoms with E-state index in [1.165, 1.54) is 0 Å². The van der Waals surface area contributed by atoms with E-state index in [2.05, 4.69) is 10.1 Å². The van der Waals surface area contributed by atoms with Gasteiger partial charge < -0.3 is 14.8 Å². The van der Waals surface area contributed by atoms with E-state index in [9.17, 15) is 18.0 Å². The van der Waals surface area contributed by atoms with Crippen LogP contribution in [0.1, 0.15) is 12.0 Å². The SMILES string of the molecule is COC(=O)[C@@]1(COS(C)(=O)=O)C[C@H](OCc2ccccc2)C(=O)N1. The lowest BCUT2D eigenvalue weighted by atomic mass is 9.98. The van der Waals surface area contributed by atoms with Crippen molar-refractivity contribution in [3.05, 3.63) is 35.9 Å². The molecule has 1 fully saturated rings. The molecule has 1 aliphatic heterocycles. The second-order valence-electron chi connectivity index (χ2n) is 5.52. The first kappa shape index (κ1) is 18.4. The van der Waals surface area contributed by atoms with Crippen LogP contribution in [0.25, 0.3) is 0 Å². The fourth-order valence-electron chi connectivity index (χ4n) is 2.37. The fourth-order valence-corrected chi connectivity index (χ4v) is 2.79. The van der Waals surface area contributed by atoms with Crippen LogP contribution < -0.4 is 5.32 Å². The summed E-state index contributed by atoms with van der Waals surface area (Å²) in [6.07, 6.45) is -0.133. The Labute approximate surface area is 140 Å². The van der Waals surface area contributed by atoms with Gasteiger partial charge in [-0.3, -0.25) is 8.98 Å². The van der Waals surface area contributed by atoms with Crippen LogP contribution in [0.2, 0.25) is 0 Å². The van der Waals surface area contributed by atoms with Gasteiger partial charge >= 0.3 is 5.97 Å². The van der Waals surface area contributed by atoms with Gasteiger partial charge in [-0.05, 0) is 5.56 Å². The molecule has 1 amide bonds. The molecule has 1 saturated heterocycles. The highest BCUT2D eigenvalue weighted by Crippen LogP contribution is 2.26. The predicted octanol–water partition coefficient (Wildman–Crippen LogP) is -0.0203. The first-order valence-electron chi connectivity index (χ1n) is 7.16. The number of amides is 1. The second kappa shape index (κ2) is 7.29. The summed E-state index contributed by atoms with van der Waals surface area (Å²) in [5.74, 6) is -1.31. The second-order valence-corrected chi connectivity index (χ2v) is 7.16. The van der Waals surface area contributed by atoms with Crippen molar-refractivity contribution in [2.75, 3.05) is 20.0 Å². The van der Waals surface area contributed by atoms with Gasteiger partial charge in [0, 0.05) is 6.42 Å². The van der Waals surface area contributed by atoms with Crippen LogP contribution in [0.3, 0.4) is 0 Å². The highest BCUT2D eigenvalue weighted by atomic mass is 32.2. The third-order valence-electron chi connectivity index (χ3n) is 3.58. The molecule has 1 aromatic carbocycles. The first-order chi connectivity index (χ1) is 11.3. The van der Waals surface area contributed by atoms with Crippen molar-refractivity contribution in [1.82, 2.24) is 5.32 Å². The molecule has 0 aromatic heterocycles. The number of esters is 1. The number of carbonyl (C=O) groups is 2. The topological polar surface area (TPSA) is 108 Å². The predicted molar refractivity (Wildman–Crippen MR) is 83.3 cm³/mol. The van der Waals surface area contributed by atoms with E-state index in [1.54, 1.807) is 0 Å². The van der Waals surface area contributed by atoms with E-state index in [-0.39, 0.29) is 13.0 Å². The van der Waals surface area contributed by atoms with Crippen molar-refractivity contribution in [1.29, 1.82) is 0 Å². The summed E-state index contributed by atoms with van der Waals surface area (Å²) < 4.78 is 37.3. The van der Waals surface area contributed by atoms with Crippen molar-refractivity contribution in [2.24, 2.45) is 0 Å². The number of nitrogens with one attached hydrogen (secondary N) is 1. The van der Waals surface area contributed by atoms with E-state index in [0.717, 1.165) is 18.9 Å². The third kappa shape index (κ3) is 4.53. The highest BCUT2D eigenvalue weighted by molar-refractivity contribution is 7.85. The lowest BCUT2D eigenvalue weighted by Gasteiger charge is -2.24. The Morgan fingerprint density at radius 3 is 2.58 bits per heavy atom. The van der Waals surface area contributed by atoms with Crippen LogP contribution >= 0.6 is 0 Å². The van der Waals surface area contributed by atoms with Crippen molar-refractivity contribution in [2.45, 2.75) is 24.7 Å². The maximum absolute atomic E-state index is 12.1. The van der Waals surface area contributed by atoms with Gasteiger partial charge in [0.2, 0.25) is 5.91 Å². The molecule has 1 aromatic rings. The molecular formula is C15H19NO7S. The molecule has 9 heteroatoms. The molecule has 2 atom stereocenters. The van der Waals surface area contributed by atoms with Gasteiger partial charge in [0.25, 0.3) is 10.1 Å². The van der Waals surface area contributed by atoms with Crippen LogP contribution in [0.15, 0.2) is 30.3 Å². The molecular weight excluding hydrogens is 338 g/mol. The number of hydrogen-bond donors (Lipinski definition) is 1. The largest absolute Gasteiger partial charge is 0.467 e. The monoisotopic (exact) mass is 357 g/mol. The van der Waals surface area contributed by atoms with Gasteiger partial charge in [-0.1, -0.05) is 30.3 Å². The van der Waals surface area contributed by atoms with Gasteiger partial charge in [0.1, 0.15) is 12.7 Å². The lowest BCUT2D eigenvalue weighted by molar-refractivity contribution is -0.150. The van der Waals surface area contributed by atoms with E-state index < -0.39 is 40.2 Å². The van der Waals surface area contributed by atoms with Crippen LogP contribution in [-0.2, 0) is 40.0 Å². The smallest absolute Gasteiger partial charge is 0.334 e. The normalized spacial score (nSPS) is 23.8. The number of rotatable bonds is 7. The number of hydrogen-bond acceptors (Lipinski definition) is 7. The fraction of sp³-hybridized carbons (Fsp3) is 0.467. The van der Waals surface area contributed by atoms with E-state index in [1.807, 2.05) is 30.3 Å². The molecule has 0 bridgehead atoms. The summed E-state index contributed by atoms with van der Waals surface area (Å²) in [6, 6.07) is 9.22. The number of methoxy groups -OCH3 is 1. The van der Waals surface area contributed by atoms with Gasteiger partial charge in [0.05, 0.1) is 20.0 Å². The van der Waals surface area contributed by atoms with Gasteiger partial charge in [-0.15, -0.1) is 0 Å². The number of carbonyl (C=O) groups excluding carboxylic acids is 2. The summed E-state index contributed by atoms with van der Waals surface area (Å²) >= 11 is 0. The maximum Gasteiger partial charge on any atom is 0.334 e. The number of ether oxygens (including phenoxy) is 2. The summed E-state index contributed by atoms with van der Waals surface area (Å²) in [4.78, 5) is 24.2. The zero-order valence-electron chi connectivity index (χ0n) is 13.4. The van der Waals surface area contributed by atoms with Crippen LogP contribution in [-0.4, -0.2) is 51.9 Å². The van der Waals surface area contributed by atoms with E-state index >= 15 is 0 Å². The molecule has 132 valence electrons. The maximum atomic E-state index is 12.1. The van der Waals surface area contributed by atoms with E-state index in [0.29, 0.717) is 0 Å². The molecule has 0 aliphatic carbocycles. The molecule has 0 radical (unpaired) electrons. The summed E-state index contributed by atoms with van der Waals surface area (Å²) in [7, 11) is -2.63. The molecule has 8 nitrogen and oxygen atoms in total. The Hall–Kier alpha value is -1.97. The Bertz CT molecular complexity index is 704. The van der Waals surface area contributed by atoms with Crippen molar-refractivity contribution in [3.63, 3.8) is 0 Å². The van der Waals surface area contributed by atoms with Crippen molar-refractivity contribution < 1.29 is 31.7 Å². The van der Waals surface area contributed by atoms with Gasteiger partial charge in [-0.2, -0.15) is 8.42 Å². The third-order valence-corrected chi connectivity index (χ3v) is 4.12. The molecule has 0 unspecified atom stereocenters. The molecule has 1 aliphatic rings. The average Bonchev–Trinajstić information content (AvgIpc) is 2.88. The summed E-state index contributed by atoms with van der Waals surface area (Å²) in [5.41, 5.74) is -0.718. The zero-order valence-corrected chi connectivity index (χ0v) is 14.2. The Kier molecular flexibility index (Phi) is 5.58. The van der Waals surface area contributed by atoms with Gasteiger partial charge in [0.15, 0.2) is 5.54 Å². The van der Waals surface area contributed by atoms with E-state index in [4.69, 9.17) is 8.92 Å². The molecule has 2 rings (SSSR count).